The third-order valence-corrected chi connectivity index (χ3v) is 7.51. The molecule has 0 aromatic heterocycles. The number of carbonyl (C=O) groups excluding carboxylic acids is 3. The average Bonchev–Trinajstić information content (AvgIpc) is 2.81. The highest BCUT2D eigenvalue weighted by atomic mass is 32.2. The highest BCUT2D eigenvalue weighted by molar-refractivity contribution is 8.30. The van der Waals surface area contributed by atoms with Crippen LogP contribution in [0.2, 0.25) is 0 Å². The second-order valence-corrected chi connectivity index (χ2v) is 9.77. The molecule has 0 fully saturated rings. The Morgan fingerprint density at radius 1 is 0.875 bits per heavy atom. The van der Waals surface area contributed by atoms with Crippen molar-refractivity contribution in [2.24, 2.45) is 5.92 Å². The van der Waals surface area contributed by atoms with E-state index < -0.39 is 28.4 Å². The first kappa shape index (κ1) is 25.7. The van der Waals surface area contributed by atoms with Gasteiger partial charge in [-0.15, -0.1) is 0 Å². The lowest BCUT2D eigenvalue weighted by atomic mass is 10.1. The first-order valence-corrected chi connectivity index (χ1v) is 12.1. The van der Waals surface area contributed by atoms with Crippen LogP contribution in [0.15, 0.2) is 60.7 Å². The minimum Gasteiger partial charge on any atom is -0.480 e. The molecule has 2 atom stereocenters. The largest absolute Gasteiger partial charge is 0.480 e. The van der Waals surface area contributed by atoms with Crippen LogP contribution >= 0.6 is 23.5 Å². The topological polar surface area (TPSA) is 101 Å². The van der Waals surface area contributed by atoms with E-state index in [2.05, 4.69) is 5.32 Å². The van der Waals surface area contributed by atoms with Gasteiger partial charge in [-0.05, 0) is 6.42 Å². The molecular weight excluding hydrogens is 446 g/mol. The summed E-state index contributed by atoms with van der Waals surface area (Å²) in [6.45, 7) is 3.55. The molecule has 0 saturated heterocycles. The van der Waals surface area contributed by atoms with Crippen molar-refractivity contribution >= 4 is 45.6 Å². The molecule has 8 heteroatoms. The molecule has 1 amide bonds. The summed E-state index contributed by atoms with van der Waals surface area (Å²) in [5, 5.41) is 11.5. The van der Waals surface area contributed by atoms with Gasteiger partial charge in [-0.2, -0.15) is 0 Å². The van der Waals surface area contributed by atoms with Gasteiger partial charge in [0.1, 0.15) is 6.04 Å². The third-order valence-electron chi connectivity index (χ3n) is 4.75. The number of benzene rings is 2. The summed E-state index contributed by atoms with van der Waals surface area (Å²) in [7, 11) is 0. The van der Waals surface area contributed by atoms with E-state index in [0.717, 1.165) is 29.9 Å². The van der Waals surface area contributed by atoms with E-state index >= 15 is 0 Å². The summed E-state index contributed by atoms with van der Waals surface area (Å²) in [6.07, 6.45) is 1.79. The lowest BCUT2D eigenvalue weighted by molar-refractivity contribution is -0.142. The van der Waals surface area contributed by atoms with E-state index in [1.165, 1.54) is 0 Å². The Labute approximate surface area is 196 Å². The molecule has 0 saturated carbocycles. The fourth-order valence-electron chi connectivity index (χ4n) is 2.82. The third kappa shape index (κ3) is 7.84. The number of hydrogen-bond acceptors (Lipinski definition) is 6. The van der Waals surface area contributed by atoms with E-state index in [0.29, 0.717) is 24.0 Å². The second-order valence-electron chi connectivity index (χ2n) is 7.24. The number of carbonyl (C=O) groups is 4. The standard InChI is InChI=1S/C24H27NO5S2/c1-3-4-15-19(21(27)28)25-20(26)16(2)24(31-22(29)17-11-7-5-8-12-17)32-23(30)18-13-9-6-10-14-18/h5-14,16,19,24H,3-4,15H2,1-2H3,(H,25,26)(H,27,28). The van der Waals surface area contributed by atoms with Gasteiger partial charge in [0.2, 0.25) is 16.1 Å². The van der Waals surface area contributed by atoms with Gasteiger partial charge in [-0.3, -0.25) is 14.4 Å². The van der Waals surface area contributed by atoms with Crippen molar-refractivity contribution in [2.75, 3.05) is 0 Å². The number of rotatable bonds is 11. The molecule has 0 aliphatic carbocycles. The Morgan fingerprint density at radius 3 is 1.75 bits per heavy atom. The Hall–Kier alpha value is -2.58. The Morgan fingerprint density at radius 2 is 1.34 bits per heavy atom. The molecule has 0 bridgehead atoms. The molecule has 2 aromatic carbocycles. The lowest BCUT2D eigenvalue weighted by Crippen LogP contribution is -2.45. The van der Waals surface area contributed by atoms with Crippen molar-refractivity contribution in [3.63, 3.8) is 0 Å². The van der Waals surface area contributed by atoms with Gasteiger partial charge < -0.3 is 10.4 Å². The number of unbranched alkanes of at least 4 members (excludes halogenated alkanes) is 1. The highest BCUT2D eigenvalue weighted by Crippen LogP contribution is 2.35. The first-order chi connectivity index (χ1) is 15.3. The van der Waals surface area contributed by atoms with E-state index in [9.17, 15) is 24.3 Å². The van der Waals surface area contributed by atoms with Crippen molar-refractivity contribution in [2.45, 2.75) is 43.7 Å². The maximum Gasteiger partial charge on any atom is 0.326 e. The van der Waals surface area contributed by atoms with E-state index in [-0.39, 0.29) is 10.2 Å². The van der Waals surface area contributed by atoms with Gasteiger partial charge in [-0.1, -0.05) is 111 Å². The van der Waals surface area contributed by atoms with Crippen molar-refractivity contribution in [3.8, 4) is 0 Å². The first-order valence-electron chi connectivity index (χ1n) is 10.4. The van der Waals surface area contributed by atoms with Crippen LogP contribution in [0.4, 0.5) is 0 Å². The monoisotopic (exact) mass is 473 g/mol. The van der Waals surface area contributed by atoms with Crippen molar-refractivity contribution in [3.05, 3.63) is 71.8 Å². The molecule has 0 aliphatic rings. The molecule has 170 valence electrons. The van der Waals surface area contributed by atoms with Crippen LogP contribution in [0.1, 0.15) is 53.8 Å². The molecule has 0 radical (unpaired) electrons. The van der Waals surface area contributed by atoms with E-state index in [1.54, 1.807) is 67.6 Å². The van der Waals surface area contributed by atoms with Crippen molar-refractivity contribution in [1.29, 1.82) is 0 Å². The zero-order valence-electron chi connectivity index (χ0n) is 18.0. The molecule has 2 rings (SSSR count). The molecule has 0 spiro atoms. The van der Waals surface area contributed by atoms with Crippen molar-refractivity contribution < 1.29 is 24.3 Å². The number of nitrogens with one attached hydrogen (secondary N) is 1. The molecule has 6 nitrogen and oxygen atoms in total. The quantitative estimate of drug-likeness (QED) is 0.450. The lowest BCUT2D eigenvalue weighted by Gasteiger charge is -2.23. The maximum atomic E-state index is 12.9. The van der Waals surface area contributed by atoms with Gasteiger partial charge in [0.25, 0.3) is 0 Å². The molecule has 0 aliphatic heterocycles. The SMILES string of the molecule is CCCCC(NC(=O)C(C)C(SC(=O)c1ccccc1)SC(=O)c1ccccc1)C(=O)O. The second kappa shape index (κ2) is 13.1. The summed E-state index contributed by atoms with van der Waals surface area (Å²) in [5.74, 6) is -2.38. The zero-order chi connectivity index (χ0) is 23.5. The van der Waals surface area contributed by atoms with Crippen molar-refractivity contribution in [1.82, 2.24) is 5.32 Å². The maximum absolute atomic E-state index is 12.9. The normalized spacial score (nSPS) is 12.7. The van der Waals surface area contributed by atoms with Gasteiger partial charge in [0.05, 0.1) is 10.5 Å². The number of thioether (sulfide) groups is 2. The van der Waals surface area contributed by atoms with Gasteiger partial charge >= 0.3 is 5.97 Å². The summed E-state index contributed by atoms with van der Waals surface area (Å²) >= 11 is 1.81. The predicted octanol–water partition coefficient (Wildman–Crippen LogP) is 4.86. The smallest absolute Gasteiger partial charge is 0.326 e. The van der Waals surface area contributed by atoms with Crippen LogP contribution in [-0.2, 0) is 9.59 Å². The summed E-state index contributed by atoms with van der Waals surface area (Å²) in [6, 6.07) is 16.2. The minimum atomic E-state index is -1.10. The molecular formula is C24H27NO5S2. The van der Waals surface area contributed by atoms with Crippen LogP contribution in [0.5, 0.6) is 0 Å². The number of amides is 1. The van der Waals surface area contributed by atoms with Crippen LogP contribution in [0.25, 0.3) is 0 Å². The molecule has 0 heterocycles. The summed E-state index contributed by atoms with van der Waals surface area (Å²) < 4.78 is -0.726. The molecule has 2 aromatic rings. The van der Waals surface area contributed by atoms with E-state index in [4.69, 9.17) is 0 Å². The number of aliphatic carboxylic acids is 1. The Balaban J connectivity index is 2.19. The van der Waals surface area contributed by atoms with Crippen LogP contribution < -0.4 is 5.32 Å². The molecule has 2 unspecified atom stereocenters. The highest BCUT2D eigenvalue weighted by Gasteiger charge is 2.32. The fourth-order valence-corrected chi connectivity index (χ4v) is 5.15. The number of hydrogen-bond donors (Lipinski definition) is 2. The minimum absolute atomic E-state index is 0.260. The van der Waals surface area contributed by atoms with Crippen LogP contribution in [-0.4, -0.2) is 37.8 Å². The van der Waals surface area contributed by atoms with E-state index in [1.807, 2.05) is 6.92 Å². The van der Waals surface area contributed by atoms with Crippen LogP contribution in [0.3, 0.4) is 0 Å². The Kier molecular flexibility index (Phi) is 10.5. The molecule has 2 N–H and O–H groups in total. The summed E-state index contributed by atoms with van der Waals surface area (Å²) in [5.41, 5.74) is 0.934. The van der Waals surface area contributed by atoms with Gasteiger partial charge in [-0.25, -0.2) is 4.79 Å². The number of carboxylic acids is 1. The fraction of sp³-hybridized carbons (Fsp3) is 0.333. The number of carboxylic acid groups (broad SMARTS) is 1. The van der Waals surface area contributed by atoms with Crippen LogP contribution in [0, 0.1) is 5.92 Å². The predicted molar refractivity (Wildman–Crippen MR) is 129 cm³/mol. The average molecular weight is 474 g/mol. The Bertz CT molecular complexity index is 867. The zero-order valence-corrected chi connectivity index (χ0v) is 19.7. The summed E-state index contributed by atoms with van der Waals surface area (Å²) in [4.78, 5) is 50.0. The van der Waals surface area contributed by atoms with Gasteiger partial charge in [0, 0.05) is 11.1 Å². The van der Waals surface area contributed by atoms with Gasteiger partial charge in [0.15, 0.2) is 0 Å². The molecule has 32 heavy (non-hydrogen) atoms.